The Morgan fingerprint density at radius 1 is 0.572 bits per heavy atom. The second-order valence-corrected chi connectivity index (χ2v) is 40.7. The number of hydrogen-bond acceptors (Lipinski definition) is 24. The molecule has 3 aromatic rings. The van der Waals surface area contributed by atoms with Gasteiger partial charge in [-0.05, 0) is 177 Å². The summed E-state index contributed by atoms with van der Waals surface area (Å²) in [6, 6.07) is 29.3. The van der Waals surface area contributed by atoms with E-state index in [1.54, 1.807) is 5.70 Å². The fourth-order valence-corrected chi connectivity index (χ4v) is 23.7. The summed E-state index contributed by atoms with van der Waals surface area (Å²) in [4.78, 5) is 152. The number of carbonyl (C=O) groups is 13. The van der Waals surface area contributed by atoms with E-state index in [1.165, 1.54) is 168 Å². The van der Waals surface area contributed by atoms with Crippen molar-refractivity contribution in [3.8, 4) is 0 Å². The molecule has 35 heteroatoms. The third kappa shape index (κ3) is 37.9. The van der Waals surface area contributed by atoms with Gasteiger partial charge in [-0.3, -0.25) is 38.4 Å². The molecule has 138 heavy (non-hydrogen) atoms. The van der Waals surface area contributed by atoms with Gasteiger partial charge in [-0.1, -0.05) is 150 Å². The average molecular weight is 2030 g/mol. The van der Waals surface area contributed by atoms with Crippen LogP contribution in [-0.2, 0) is 90.8 Å². The van der Waals surface area contributed by atoms with Crippen LogP contribution in [0, 0.1) is 48.3 Å². The number of aliphatic imine (C=N–C) groups is 1. The largest absolute Gasteiger partial charge is 1.00 e. The van der Waals surface area contributed by atoms with Crippen molar-refractivity contribution in [1.82, 2.24) is 36.4 Å². The number of ether oxygens (including phenoxy) is 6. The van der Waals surface area contributed by atoms with Crippen LogP contribution in [-0.4, -0.2) is 248 Å². The fourth-order valence-electron chi connectivity index (χ4n) is 20.5. The predicted molar refractivity (Wildman–Crippen MR) is 526 cm³/mol. The smallest absolute Gasteiger partial charge is 1.00 e. The minimum atomic E-state index is -1.53. The molecular formula is C103H156BrClLiN8O23P. The number of esters is 5. The second-order valence-electron chi connectivity index (χ2n) is 37.1. The number of Topliss-reactive ketones (excluding diaryl/α,β-unsaturated/α-hetero) is 1. The molecule has 12 aliphatic rings. The Morgan fingerprint density at radius 2 is 1.03 bits per heavy atom. The summed E-state index contributed by atoms with van der Waals surface area (Å²) >= 11 is 0. The Balaban J connectivity index is 0.000000399. The number of likely N-dealkylation sites (tertiary alicyclic amines) is 2. The first-order chi connectivity index (χ1) is 64.5. The summed E-state index contributed by atoms with van der Waals surface area (Å²) in [7, 11) is 4.95. The minimum absolute atomic E-state index is 0. The van der Waals surface area contributed by atoms with Crippen LogP contribution in [0.15, 0.2) is 120 Å². The van der Waals surface area contributed by atoms with Crippen molar-refractivity contribution in [1.29, 1.82) is 0 Å². The molecule has 0 radical (unpaired) electrons. The molecule has 3 aromatic carbocycles. The zero-order valence-corrected chi connectivity index (χ0v) is 87.0. The number of aliphatic hydroxyl groups is 2. The number of epoxide rings is 1. The van der Waals surface area contributed by atoms with Crippen LogP contribution in [0.2, 0.25) is 0 Å². The molecular weight excluding hydrogens is 1870 g/mol. The number of β-amino-alcohol motifs (C(OH)–C–C–N with tert-alkyl or cyclic N) is 2. The maximum Gasteiger partial charge on any atom is 1.00 e. The van der Waals surface area contributed by atoms with Gasteiger partial charge in [0.05, 0.1) is 72.2 Å². The Labute approximate surface area is 846 Å². The molecule has 5 saturated heterocycles. The summed E-state index contributed by atoms with van der Waals surface area (Å²) in [6.45, 7) is 23.9. The van der Waals surface area contributed by atoms with Gasteiger partial charge < -0.3 is 109 Å². The SMILES string of the molecule is C1=C(N2CCCC2)CCCC1.C=C1CCCCC1C(NC(C)=O)C(=O)OC.COC(=O)C(NC(C)=O)C1CCCCC12CO2.COC(=O)C(NC(C)=O)C1CCCCC1=O.COC(=O)C1C2CCCCC2(O)CN1C(C)=O.COC(=O)C=NC(C)=O.C[P+](c1ccccc1)(c1ccccc1)c1ccccc1.Cl.O=C(O)C1NCC2(O)CCCCC12.O=C(O)C1NCC2CCCCC21.[Br-].[CH2-]CCC.[Li+]. The molecule has 16 unspecified atom stereocenters. The summed E-state index contributed by atoms with van der Waals surface area (Å²) in [5, 5.41) is 56.6. The third-order valence-electron chi connectivity index (χ3n) is 27.8. The van der Waals surface area contributed by atoms with E-state index in [2.05, 4.69) is 170 Å². The number of fused-ring (bicyclic) bond motifs is 3. The number of unbranched alkanes of at least 4 members (excludes halogenated alkanes) is 1. The van der Waals surface area contributed by atoms with Crippen LogP contribution < -0.4 is 78.3 Å². The normalized spacial score (nSPS) is 26.0. The number of rotatable bonds is 18. The molecule has 0 aromatic heterocycles. The van der Waals surface area contributed by atoms with Gasteiger partial charge in [-0.2, -0.15) is 6.42 Å². The van der Waals surface area contributed by atoms with Gasteiger partial charge >= 0.3 is 60.6 Å². The number of nitrogens with zero attached hydrogens (tertiary/aromatic N) is 3. The molecule has 5 amide bonds. The van der Waals surface area contributed by atoms with Gasteiger partial charge in [0.2, 0.25) is 29.5 Å². The molecule has 766 valence electrons. The van der Waals surface area contributed by atoms with E-state index >= 15 is 0 Å². The van der Waals surface area contributed by atoms with Crippen LogP contribution in [0.4, 0.5) is 0 Å². The van der Waals surface area contributed by atoms with Crippen LogP contribution in [0.5, 0.6) is 0 Å². The number of halogens is 2. The second kappa shape index (κ2) is 63.6. The van der Waals surface area contributed by atoms with E-state index in [1.807, 2.05) is 0 Å². The van der Waals surface area contributed by atoms with E-state index < -0.39 is 90.3 Å². The van der Waals surface area contributed by atoms with Crippen molar-refractivity contribution in [3.63, 3.8) is 0 Å². The van der Waals surface area contributed by atoms with Gasteiger partial charge in [0.25, 0.3) is 0 Å². The first-order valence-electron chi connectivity index (χ1n) is 48.5. The molecule has 0 bridgehead atoms. The molecule has 5 aliphatic heterocycles. The van der Waals surface area contributed by atoms with Crippen molar-refractivity contribution in [2.45, 2.75) is 300 Å². The van der Waals surface area contributed by atoms with Gasteiger partial charge in [0.15, 0.2) is 0 Å². The number of amides is 5. The monoisotopic (exact) mass is 2030 g/mol. The number of aliphatic carboxylic acids is 2. The molecule has 16 atom stereocenters. The summed E-state index contributed by atoms with van der Waals surface area (Å²) in [5.41, 5.74) is 0.855. The number of nitrogens with one attached hydrogen (secondary N) is 5. The average Bonchev–Trinajstić information content (AvgIpc) is 1.58. The number of benzene rings is 3. The van der Waals surface area contributed by atoms with Crippen LogP contribution in [0.1, 0.15) is 247 Å². The molecule has 1 spiro atoms. The van der Waals surface area contributed by atoms with E-state index in [0.717, 1.165) is 140 Å². The maximum atomic E-state index is 11.8. The zero-order valence-electron chi connectivity index (χ0n) is 83.7. The molecule has 9 N–H and O–H groups in total. The van der Waals surface area contributed by atoms with Crippen LogP contribution in [0.25, 0.3) is 0 Å². The molecule has 15 rings (SSSR count). The molecule has 11 fully saturated rings. The summed E-state index contributed by atoms with van der Waals surface area (Å²) < 4.78 is 28.6. The zero-order chi connectivity index (χ0) is 99.4. The number of hydrogen-bond donors (Lipinski definition) is 9. The number of allylic oxidation sites excluding steroid dienone is 2. The summed E-state index contributed by atoms with van der Waals surface area (Å²) in [6.07, 6.45) is 36.7. The number of ketones is 1. The van der Waals surface area contributed by atoms with Gasteiger partial charge in [0, 0.05) is 96.0 Å². The number of carboxylic acids is 2. The Bertz CT molecular complexity index is 4220. The molecule has 31 nitrogen and oxygen atoms in total. The number of carbonyl (C=O) groups excluding carboxylic acids is 11. The van der Waals surface area contributed by atoms with E-state index in [0.29, 0.717) is 44.2 Å². The molecule has 5 heterocycles. The Kier molecular flexibility index (Phi) is 57.1. The third-order valence-corrected chi connectivity index (χ3v) is 31.8. The predicted octanol–water partition coefficient (Wildman–Crippen LogP) is 5.56. The number of methoxy groups -OCH3 is 5. The first-order valence-corrected chi connectivity index (χ1v) is 50.7. The first kappa shape index (κ1) is 124. The van der Waals surface area contributed by atoms with Gasteiger partial charge in [-0.15, -0.1) is 12.4 Å². The minimum Gasteiger partial charge on any atom is -1.00 e. The van der Waals surface area contributed by atoms with Crippen LogP contribution >= 0.6 is 19.7 Å². The number of carboxylic acid groups (broad SMARTS) is 2. The summed E-state index contributed by atoms with van der Waals surface area (Å²) in [5.74, 6) is -4.70. The van der Waals surface area contributed by atoms with E-state index in [4.69, 9.17) is 29.2 Å². The van der Waals surface area contributed by atoms with E-state index in [9.17, 15) is 72.5 Å². The molecule has 6 saturated carbocycles. The van der Waals surface area contributed by atoms with Crippen LogP contribution in [0.3, 0.4) is 0 Å². The Morgan fingerprint density at radius 3 is 1.49 bits per heavy atom. The van der Waals surface area contributed by atoms with Crippen molar-refractivity contribution in [2.24, 2.45) is 46.4 Å². The van der Waals surface area contributed by atoms with Gasteiger partial charge in [-0.25, -0.2) is 29.0 Å². The fraction of sp³-hybridized carbons (Fsp3) is 0.641. The van der Waals surface area contributed by atoms with Crippen molar-refractivity contribution in [3.05, 3.63) is 122 Å². The van der Waals surface area contributed by atoms with Gasteiger partial charge in [0.1, 0.15) is 71.4 Å². The van der Waals surface area contributed by atoms with E-state index in [-0.39, 0.29) is 131 Å². The quantitative estimate of drug-likeness (QED) is 0.0110. The standard InChI is InChI=1S/C19H18P.2C12H19NO4.C12H19NO3.C11H17NO4.C10H17N.C9H15NO3.C9H15NO2.C5H7NO3.C4H9.BrH.ClH.Li/c1-20(17-11-5-2-6-12-17,18-13-7-3-8-14-18)19-15-9-4-10-16-19;1-8(14)13-10(11(15)16-2)9-5-3-4-6-12(9)7-17-12;1-8(14)13-7-12(16)6-4-3-5-9(12)10(13)11(15)17-2;1-8-6-4-5-7-10(8)11(12(15)16-3)13-9(2)14;1-7(13)12-10(11(15)16-2)8-5-3-4-6-9(8)14;1-2-6-10(7-3-1)11-8-4-5-9-11;11-8(12)7-6-3-1-2-4-9(6,13)5-10-7;11-9(12)8-7-4-2-1-3-6(7)5-10-8;1-4(7)6-3-5(8)9-2;1-3-4-2;;;/h2-16H,1H3;9-10H,3-7H2,1-2H3,(H,13,14);9-10,16H,3-7H2,1-2H3;10-11H,1,4-7H2,2-3H3,(H,13,14);8,10H,3-6H2,1-2H3,(H,12,13);6H,1-5,7-9H2;6-7,10,13H,1-5H2,(H,11,12);6-8,10H,1-5H2,(H,11,12);3H,1-2H3;1,3-4H2,2H3;2*1H;/q+1;;;;;;;;;-1;;;+1/p-1. The maximum absolute atomic E-state index is 11.8. The molecule has 7 aliphatic carbocycles. The Hall–Kier alpha value is -8.28. The van der Waals surface area contributed by atoms with Crippen molar-refractivity contribution >= 4 is 119 Å². The topological polar surface area (TPSA) is 440 Å². The van der Waals surface area contributed by atoms with Crippen molar-refractivity contribution < 1.29 is 147 Å². The van der Waals surface area contributed by atoms with Crippen molar-refractivity contribution in [2.75, 3.05) is 81.5 Å².